The Balaban J connectivity index is 1.93. The third-order valence-corrected chi connectivity index (χ3v) is 11.4. The zero-order valence-electron chi connectivity index (χ0n) is 17.9. The lowest BCUT2D eigenvalue weighted by Crippen LogP contribution is -2.67. The zero-order valence-corrected chi connectivity index (χ0v) is 18.9. The van der Waals surface area contributed by atoms with Gasteiger partial charge in [-0.3, -0.25) is 9.78 Å². The van der Waals surface area contributed by atoms with Crippen molar-refractivity contribution in [2.75, 3.05) is 19.8 Å². The lowest BCUT2D eigenvalue weighted by molar-refractivity contribution is -0.144. The number of fused-ring (bicyclic) bond motifs is 2. The Labute approximate surface area is 164 Å². The molecule has 1 atom stereocenters. The van der Waals surface area contributed by atoms with Gasteiger partial charge in [-0.2, -0.15) is 0 Å². The van der Waals surface area contributed by atoms with E-state index in [1.54, 1.807) is 0 Å². The summed E-state index contributed by atoms with van der Waals surface area (Å²) in [6, 6.07) is 4.15. The van der Waals surface area contributed by atoms with Crippen LogP contribution in [0.3, 0.4) is 0 Å². The van der Waals surface area contributed by atoms with Crippen LogP contribution in [-0.2, 0) is 24.9 Å². The molecule has 1 N–H and O–H groups in total. The highest BCUT2D eigenvalue weighted by Gasteiger charge is 2.55. The number of nitrogens with zero attached hydrogens (tertiary/aromatic N) is 1. The molecule has 3 heterocycles. The molecule has 0 radical (unpaired) electrons. The highest BCUT2D eigenvalue weighted by Crippen LogP contribution is 2.45. The van der Waals surface area contributed by atoms with Crippen LogP contribution < -0.4 is 5.32 Å². The molecular formula is C21H34N2O3Si. The Morgan fingerprint density at radius 3 is 2.48 bits per heavy atom. The molecule has 0 aliphatic carbocycles. The molecule has 27 heavy (non-hydrogen) atoms. The number of aromatic nitrogens is 1. The van der Waals surface area contributed by atoms with Crippen LogP contribution in [0.2, 0.25) is 18.1 Å². The van der Waals surface area contributed by atoms with Crippen LogP contribution in [0.15, 0.2) is 12.1 Å². The molecule has 6 heteroatoms. The first-order chi connectivity index (χ1) is 12.5. The number of amides is 1. The van der Waals surface area contributed by atoms with Crippen molar-refractivity contribution in [2.45, 2.75) is 76.5 Å². The number of aryl methyl sites for hydroxylation is 1. The summed E-state index contributed by atoms with van der Waals surface area (Å²) in [6.45, 7) is 16.9. The van der Waals surface area contributed by atoms with E-state index in [0.29, 0.717) is 32.7 Å². The number of carbonyl (C=O) groups is 1. The van der Waals surface area contributed by atoms with Crippen LogP contribution in [0, 0.1) is 6.92 Å². The van der Waals surface area contributed by atoms with Crippen LogP contribution in [-0.4, -0.2) is 39.0 Å². The average Bonchev–Trinajstić information content (AvgIpc) is 2.53. The van der Waals surface area contributed by atoms with Gasteiger partial charge in [-0.25, -0.2) is 0 Å². The molecule has 0 bridgehead atoms. The molecule has 150 valence electrons. The van der Waals surface area contributed by atoms with Crippen molar-refractivity contribution in [3.63, 3.8) is 0 Å². The quantitative estimate of drug-likeness (QED) is 0.777. The number of carbonyl (C=O) groups excluding carboxylic acids is 1. The molecule has 1 spiro atoms. The SMILES string of the molecule is CCC1(CCO[Si](C)(C)C(C)(C)C)C(=O)NC2(COC2)c2ccc(C)nc21. The molecule has 1 unspecified atom stereocenters. The lowest BCUT2D eigenvalue weighted by atomic mass is 9.68. The van der Waals surface area contributed by atoms with Crippen molar-refractivity contribution >= 4 is 14.2 Å². The van der Waals surface area contributed by atoms with Crippen LogP contribution in [0.5, 0.6) is 0 Å². The van der Waals surface area contributed by atoms with Gasteiger partial charge in [0.05, 0.1) is 24.3 Å². The Morgan fingerprint density at radius 1 is 1.30 bits per heavy atom. The van der Waals surface area contributed by atoms with Gasteiger partial charge in [0, 0.05) is 17.9 Å². The Bertz CT molecular complexity index is 737. The number of ether oxygens (including phenoxy) is 1. The predicted molar refractivity (Wildman–Crippen MR) is 109 cm³/mol. The van der Waals surface area contributed by atoms with Crippen molar-refractivity contribution in [3.8, 4) is 0 Å². The van der Waals surface area contributed by atoms with Crippen molar-refractivity contribution in [1.29, 1.82) is 0 Å². The second-order valence-corrected chi connectivity index (χ2v) is 14.5. The largest absolute Gasteiger partial charge is 0.417 e. The third-order valence-electron chi connectivity index (χ3n) is 6.89. The molecule has 1 aromatic rings. The standard InChI is InChI=1S/C21H34N2O3Si/c1-8-20(11-12-26-27(6,7)19(3,4)5)17-16(10-9-15(2)22-17)21(13-25-14-21)23-18(20)24/h9-10H,8,11-14H2,1-7H3,(H,23,24). The normalized spacial score (nSPS) is 24.3. The molecule has 1 fully saturated rings. The van der Waals surface area contributed by atoms with E-state index in [4.69, 9.17) is 14.1 Å². The van der Waals surface area contributed by atoms with Crippen molar-refractivity contribution in [3.05, 3.63) is 29.1 Å². The Hall–Kier alpha value is -1.24. The van der Waals surface area contributed by atoms with Gasteiger partial charge >= 0.3 is 0 Å². The molecule has 2 aliphatic rings. The summed E-state index contributed by atoms with van der Waals surface area (Å²) in [4.78, 5) is 18.2. The van der Waals surface area contributed by atoms with Crippen LogP contribution in [0.4, 0.5) is 0 Å². The maximum atomic E-state index is 13.3. The number of pyridine rings is 1. The monoisotopic (exact) mass is 390 g/mol. The van der Waals surface area contributed by atoms with Gasteiger partial charge in [0.15, 0.2) is 8.32 Å². The van der Waals surface area contributed by atoms with E-state index in [1.807, 2.05) is 13.0 Å². The molecule has 2 aliphatic heterocycles. The first kappa shape index (κ1) is 20.5. The number of hydrogen-bond acceptors (Lipinski definition) is 4. The van der Waals surface area contributed by atoms with Gasteiger partial charge in [-0.15, -0.1) is 0 Å². The molecule has 1 saturated heterocycles. The minimum absolute atomic E-state index is 0.0673. The van der Waals surface area contributed by atoms with Gasteiger partial charge in [0.25, 0.3) is 0 Å². The molecule has 5 nitrogen and oxygen atoms in total. The topological polar surface area (TPSA) is 60.5 Å². The average molecular weight is 391 g/mol. The van der Waals surface area contributed by atoms with Gasteiger partial charge in [-0.05, 0) is 44.0 Å². The van der Waals surface area contributed by atoms with Crippen LogP contribution in [0.25, 0.3) is 0 Å². The van der Waals surface area contributed by atoms with E-state index in [-0.39, 0.29) is 10.9 Å². The van der Waals surface area contributed by atoms with E-state index in [1.165, 1.54) is 0 Å². The second-order valence-electron chi connectivity index (χ2n) is 9.67. The fraction of sp³-hybridized carbons (Fsp3) is 0.714. The molecular weight excluding hydrogens is 356 g/mol. The summed E-state index contributed by atoms with van der Waals surface area (Å²) in [7, 11) is -1.86. The summed E-state index contributed by atoms with van der Waals surface area (Å²) in [5, 5.41) is 3.43. The van der Waals surface area contributed by atoms with Crippen LogP contribution in [0.1, 0.15) is 57.5 Å². The molecule has 1 aromatic heterocycles. The van der Waals surface area contributed by atoms with E-state index < -0.39 is 19.3 Å². The minimum Gasteiger partial charge on any atom is -0.417 e. The lowest BCUT2D eigenvalue weighted by Gasteiger charge is -2.51. The van der Waals surface area contributed by atoms with E-state index in [2.05, 4.69) is 52.2 Å². The summed E-state index contributed by atoms with van der Waals surface area (Å²) >= 11 is 0. The number of nitrogens with one attached hydrogen (secondary N) is 1. The van der Waals surface area contributed by atoms with E-state index >= 15 is 0 Å². The van der Waals surface area contributed by atoms with E-state index in [0.717, 1.165) is 17.0 Å². The van der Waals surface area contributed by atoms with Crippen LogP contribution >= 0.6 is 0 Å². The molecule has 0 saturated carbocycles. The maximum absolute atomic E-state index is 13.3. The first-order valence-electron chi connectivity index (χ1n) is 10.0. The van der Waals surface area contributed by atoms with E-state index in [9.17, 15) is 4.79 Å². The van der Waals surface area contributed by atoms with Gasteiger partial charge in [-0.1, -0.05) is 33.8 Å². The second kappa shape index (κ2) is 6.67. The van der Waals surface area contributed by atoms with Gasteiger partial charge < -0.3 is 14.5 Å². The maximum Gasteiger partial charge on any atom is 0.233 e. The predicted octanol–water partition coefficient (Wildman–Crippen LogP) is 3.81. The smallest absolute Gasteiger partial charge is 0.233 e. The van der Waals surface area contributed by atoms with Crippen molar-refractivity contribution in [1.82, 2.24) is 10.3 Å². The summed E-state index contributed by atoms with van der Waals surface area (Å²) in [5.41, 5.74) is 1.96. The first-order valence-corrected chi connectivity index (χ1v) is 12.9. The highest BCUT2D eigenvalue weighted by molar-refractivity contribution is 6.74. The Morgan fingerprint density at radius 2 is 1.96 bits per heavy atom. The zero-order chi connectivity index (χ0) is 20.1. The third kappa shape index (κ3) is 3.26. The van der Waals surface area contributed by atoms with Crippen molar-refractivity contribution in [2.24, 2.45) is 0 Å². The molecule has 3 rings (SSSR count). The molecule has 1 amide bonds. The van der Waals surface area contributed by atoms with Crippen molar-refractivity contribution < 1.29 is 14.0 Å². The Kier molecular flexibility index (Phi) is 5.06. The highest BCUT2D eigenvalue weighted by atomic mass is 28.4. The summed E-state index contributed by atoms with van der Waals surface area (Å²) in [6.07, 6.45) is 1.36. The fourth-order valence-corrected chi connectivity index (χ4v) is 4.83. The van der Waals surface area contributed by atoms with Gasteiger partial charge in [0.2, 0.25) is 5.91 Å². The summed E-state index contributed by atoms with van der Waals surface area (Å²) in [5.74, 6) is 0.0673. The minimum atomic E-state index is -1.86. The van der Waals surface area contributed by atoms with Gasteiger partial charge in [0.1, 0.15) is 5.54 Å². The summed E-state index contributed by atoms with van der Waals surface area (Å²) < 4.78 is 11.9. The number of rotatable bonds is 5. The fourth-order valence-electron chi connectivity index (χ4n) is 3.79. The molecule has 0 aromatic carbocycles. The number of hydrogen-bond donors (Lipinski definition) is 1.